The van der Waals surface area contributed by atoms with Gasteiger partial charge in [0.15, 0.2) is 0 Å². The van der Waals surface area contributed by atoms with Gasteiger partial charge < -0.3 is 15.4 Å². The Bertz CT molecular complexity index is 865. The van der Waals surface area contributed by atoms with Gasteiger partial charge in [-0.3, -0.25) is 9.59 Å². The lowest BCUT2D eigenvalue weighted by atomic mass is 9.87. The summed E-state index contributed by atoms with van der Waals surface area (Å²) in [7, 11) is 1.56. The maximum Gasteiger partial charge on any atom is 0.252 e. The molecular formula is C24H30N2O3. The first-order valence-electron chi connectivity index (χ1n) is 10.4. The molecule has 0 bridgehead atoms. The average molecular weight is 395 g/mol. The molecular weight excluding hydrogens is 364 g/mol. The number of aryl methyl sites for hydroxylation is 1. The van der Waals surface area contributed by atoms with E-state index in [2.05, 4.69) is 22.8 Å². The van der Waals surface area contributed by atoms with Crippen LogP contribution in [-0.4, -0.2) is 25.0 Å². The minimum Gasteiger partial charge on any atom is -0.497 e. The number of carbonyl (C=O) groups is 2. The first-order valence-corrected chi connectivity index (χ1v) is 10.4. The summed E-state index contributed by atoms with van der Waals surface area (Å²) in [6.07, 6.45) is 3.80. The van der Waals surface area contributed by atoms with Crippen LogP contribution in [-0.2, 0) is 11.2 Å². The standard InChI is InChI=1S/C24H30N2O3/c1-4-16(2)22(26-23(27)18-11-7-12-19(15-18)29-3)24(28)25-21-14-8-10-17-9-5-6-13-20(17)21/h5-7,9,11-13,15-16,21-22H,4,8,10,14H2,1-3H3,(H,25,28)(H,26,27). The molecule has 154 valence electrons. The quantitative estimate of drug-likeness (QED) is 0.745. The van der Waals surface area contributed by atoms with Gasteiger partial charge in [-0.05, 0) is 54.5 Å². The zero-order valence-corrected chi connectivity index (χ0v) is 17.4. The summed E-state index contributed by atoms with van der Waals surface area (Å²) >= 11 is 0. The summed E-state index contributed by atoms with van der Waals surface area (Å²) in [5.74, 6) is 0.232. The highest BCUT2D eigenvalue weighted by Gasteiger charge is 2.29. The molecule has 2 N–H and O–H groups in total. The molecule has 2 amide bonds. The fraction of sp³-hybridized carbons (Fsp3) is 0.417. The molecule has 0 heterocycles. The summed E-state index contributed by atoms with van der Waals surface area (Å²) in [5, 5.41) is 6.13. The molecule has 0 saturated carbocycles. The number of fused-ring (bicyclic) bond motifs is 1. The second kappa shape index (κ2) is 9.59. The van der Waals surface area contributed by atoms with E-state index in [4.69, 9.17) is 4.74 Å². The minimum absolute atomic E-state index is 0.00673. The van der Waals surface area contributed by atoms with Crippen molar-refractivity contribution < 1.29 is 14.3 Å². The molecule has 29 heavy (non-hydrogen) atoms. The number of benzene rings is 2. The minimum atomic E-state index is -0.590. The molecule has 3 rings (SSSR count). The number of hydrogen-bond acceptors (Lipinski definition) is 3. The Balaban J connectivity index is 1.75. The van der Waals surface area contributed by atoms with E-state index in [9.17, 15) is 9.59 Å². The van der Waals surface area contributed by atoms with Gasteiger partial charge in [-0.15, -0.1) is 0 Å². The molecule has 0 saturated heterocycles. The maximum absolute atomic E-state index is 13.2. The van der Waals surface area contributed by atoms with Crippen molar-refractivity contribution in [1.82, 2.24) is 10.6 Å². The van der Waals surface area contributed by atoms with E-state index in [1.54, 1.807) is 31.4 Å². The number of methoxy groups -OCH3 is 1. The zero-order chi connectivity index (χ0) is 20.8. The van der Waals surface area contributed by atoms with E-state index < -0.39 is 6.04 Å². The van der Waals surface area contributed by atoms with Crippen LogP contribution in [0.2, 0.25) is 0 Å². The molecule has 5 heteroatoms. The SMILES string of the molecule is CCC(C)C(NC(=O)c1cccc(OC)c1)C(=O)NC1CCCc2ccccc21. The molecule has 3 atom stereocenters. The lowest BCUT2D eigenvalue weighted by Crippen LogP contribution is -2.51. The summed E-state index contributed by atoms with van der Waals surface area (Å²) in [4.78, 5) is 26.0. The van der Waals surface area contributed by atoms with Crippen molar-refractivity contribution in [2.75, 3.05) is 7.11 Å². The molecule has 0 fully saturated rings. The highest BCUT2D eigenvalue weighted by molar-refractivity contribution is 5.98. The van der Waals surface area contributed by atoms with Gasteiger partial charge >= 0.3 is 0 Å². The predicted molar refractivity (Wildman–Crippen MR) is 114 cm³/mol. The van der Waals surface area contributed by atoms with Gasteiger partial charge in [0.25, 0.3) is 5.91 Å². The van der Waals surface area contributed by atoms with Crippen molar-refractivity contribution in [2.45, 2.75) is 51.6 Å². The normalized spacial score (nSPS) is 17.6. The molecule has 0 radical (unpaired) electrons. The Morgan fingerprint density at radius 3 is 2.72 bits per heavy atom. The fourth-order valence-corrected chi connectivity index (χ4v) is 3.86. The molecule has 1 aliphatic carbocycles. The highest BCUT2D eigenvalue weighted by Crippen LogP contribution is 2.29. The molecule has 0 aliphatic heterocycles. The van der Waals surface area contributed by atoms with Gasteiger partial charge in [0.2, 0.25) is 5.91 Å². The van der Waals surface area contributed by atoms with Crippen LogP contribution >= 0.6 is 0 Å². The topological polar surface area (TPSA) is 67.4 Å². The Hall–Kier alpha value is -2.82. The van der Waals surface area contributed by atoms with Gasteiger partial charge in [0.1, 0.15) is 11.8 Å². The van der Waals surface area contributed by atoms with E-state index >= 15 is 0 Å². The van der Waals surface area contributed by atoms with E-state index in [-0.39, 0.29) is 23.8 Å². The van der Waals surface area contributed by atoms with Crippen molar-refractivity contribution in [1.29, 1.82) is 0 Å². The monoisotopic (exact) mass is 394 g/mol. The smallest absolute Gasteiger partial charge is 0.252 e. The van der Waals surface area contributed by atoms with Gasteiger partial charge in [-0.25, -0.2) is 0 Å². The van der Waals surface area contributed by atoms with Crippen molar-refractivity contribution in [3.05, 3.63) is 65.2 Å². The van der Waals surface area contributed by atoms with Crippen molar-refractivity contribution >= 4 is 11.8 Å². The van der Waals surface area contributed by atoms with Crippen LogP contribution in [0.15, 0.2) is 48.5 Å². The van der Waals surface area contributed by atoms with E-state index in [0.717, 1.165) is 25.7 Å². The molecule has 0 spiro atoms. The number of amides is 2. The molecule has 0 aromatic heterocycles. The Kier molecular flexibility index (Phi) is 6.91. The van der Waals surface area contributed by atoms with E-state index in [1.165, 1.54) is 11.1 Å². The first kappa shape index (κ1) is 20.9. The molecule has 2 aromatic rings. The van der Waals surface area contributed by atoms with Crippen LogP contribution < -0.4 is 15.4 Å². The molecule has 1 aliphatic rings. The number of hydrogen-bond donors (Lipinski definition) is 2. The lowest BCUT2D eigenvalue weighted by Gasteiger charge is -2.30. The average Bonchev–Trinajstić information content (AvgIpc) is 2.77. The van der Waals surface area contributed by atoms with Gasteiger partial charge in [0.05, 0.1) is 13.2 Å². The summed E-state index contributed by atoms with van der Waals surface area (Å²) in [5.41, 5.74) is 2.96. The second-order valence-electron chi connectivity index (χ2n) is 7.72. The third-order valence-corrected chi connectivity index (χ3v) is 5.80. The van der Waals surface area contributed by atoms with Crippen LogP contribution in [0.25, 0.3) is 0 Å². The molecule has 2 aromatic carbocycles. The lowest BCUT2D eigenvalue weighted by molar-refractivity contribution is -0.125. The largest absolute Gasteiger partial charge is 0.497 e. The van der Waals surface area contributed by atoms with Gasteiger partial charge in [-0.1, -0.05) is 50.6 Å². The van der Waals surface area contributed by atoms with E-state index in [0.29, 0.717) is 11.3 Å². The first-order chi connectivity index (χ1) is 14.0. The number of nitrogens with one attached hydrogen (secondary N) is 2. The molecule has 3 unspecified atom stereocenters. The number of rotatable bonds is 7. The van der Waals surface area contributed by atoms with Gasteiger partial charge in [0, 0.05) is 5.56 Å². The highest BCUT2D eigenvalue weighted by atomic mass is 16.5. The summed E-state index contributed by atoms with van der Waals surface area (Å²) in [6, 6.07) is 14.6. The van der Waals surface area contributed by atoms with Crippen LogP contribution in [0.1, 0.15) is 60.6 Å². The van der Waals surface area contributed by atoms with E-state index in [1.807, 2.05) is 26.0 Å². The summed E-state index contributed by atoms with van der Waals surface area (Å²) < 4.78 is 5.20. The Labute approximate surface area is 172 Å². The Morgan fingerprint density at radius 2 is 1.97 bits per heavy atom. The molecule has 5 nitrogen and oxygen atoms in total. The van der Waals surface area contributed by atoms with Crippen LogP contribution in [0.4, 0.5) is 0 Å². The van der Waals surface area contributed by atoms with Crippen molar-refractivity contribution in [2.24, 2.45) is 5.92 Å². The van der Waals surface area contributed by atoms with Crippen LogP contribution in [0, 0.1) is 5.92 Å². The fourth-order valence-electron chi connectivity index (χ4n) is 3.86. The zero-order valence-electron chi connectivity index (χ0n) is 17.4. The van der Waals surface area contributed by atoms with Crippen LogP contribution in [0.3, 0.4) is 0 Å². The second-order valence-corrected chi connectivity index (χ2v) is 7.72. The number of ether oxygens (including phenoxy) is 1. The summed E-state index contributed by atoms with van der Waals surface area (Å²) in [6.45, 7) is 4.02. The number of carbonyl (C=O) groups excluding carboxylic acids is 2. The van der Waals surface area contributed by atoms with Crippen molar-refractivity contribution in [3.63, 3.8) is 0 Å². The van der Waals surface area contributed by atoms with Crippen LogP contribution in [0.5, 0.6) is 5.75 Å². The predicted octanol–water partition coefficient (Wildman–Crippen LogP) is 4.03. The third kappa shape index (κ3) is 4.97. The van der Waals surface area contributed by atoms with Gasteiger partial charge in [-0.2, -0.15) is 0 Å². The third-order valence-electron chi connectivity index (χ3n) is 5.80. The Morgan fingerprint density at radius 1 is 1.17 bits per heavy atom. The van der Waals surface area contributed by atoms with Crippen molar-refractivity contribution in [3.8, 4) is 5.75 Å². The maximum atomic E-state index is 13.2.